The fourth-order valence-electron chi connectivity index (χ4n) is 4.14. The maximum absolute atomic E-state index is 13.2. The van der Waals surface area contributed by atoms with Gasteiger partial charge in [-0.3, -0.25) is 19.0 Å². The van der Waals surface area contributed by atoms with E-state index in [4.69, 9.17) is 4.42 Å². The predicted octanol–water partition coefficient (Wildman–Crippen LogP) is 1.93. The van der Waals surface area contributed by atoms with Gasteiger partial charge in [-0.05, 0) is 36.4 Å². The number of likely N-dealkylation sites (N-methyl/N-ethyl adjacent to an activating group) is 1. The first-order valence-corrected chi connectivity index (χ1v) is 11.6. The highest BCUT2D eigenvalue weighted by molar-refractivity contribution is 7.17. The van der Waals surface area contributed by atoms with Crippen molar-refractivity contribution in [2.45, 2.75) is 57.8 Å². The first-order chi connectivity index (χ1) is 15.5. The molecule has 0 bridgehead atoms. The van der Waals surface area contributed by atoms with Crippen LogP contribution in [-0.4, -0.2) is 38.9 Å². The second kappa shape index (κ2) is 9.56. The van der Waals surface area contributed by atoms with Gasteiger partial charge in [-0.2, -0.15) is 0 Å². The molecule has 10 heteroatoms. The van der Waals surface area contributed by atoms with Crippen molar-refractivity contribution in [3.8, 4) is 0 Å². The molecule has 3 heterocycles. The van der Waals surface area contributed by atoms with E-state index in [-0.39, 0.29) is 25.0 Å². The second-order valence-corrected chi connectivity index (χ2v) is 8.96. The fourth-order valence-corrected chi connectivity index (χ4v) is 4.99. The van der Waals surface area contributed by atoms with Crippen molar-refractivity contribution in [3.63, 3.8) is 0 Å². The largest absolute Gasteiger partial charge is 0.467 e. The third-order valence-corrected chi connectivity index (χ3v) is 6.88. The number of rotatable bonds is 7. The van der Waals surface area contributed by atoms with Crippen molar-refractivity contribution >= 4 is 33.4 Å². The quantitative estimate of drug-likeness (QED) is 0.582. The van der Waals surface area contributed by atoms with Crippen molar-refractivity contribution in [1.82, 2.24) is 19.4 Å². The summed E-state index contributed by atoms with van der Waals surface area (Å²) in [6, 6.07) is 5.25. The molecule has 1 fully saturated rings. The minimum atomic E-state index is -0.667. The fraction of sp³-hybridized carbons (Fsp3) is 0.455. The van der Waals surface area contributed by atoms with Crippen LogP contribution in [0.2, 0.25) is 0 Å². The average Bonchev–Trinajstić information content (AvgIpc) is 3.50. The number of thiophene rings is 1. The number of nitrogens with zero attached hydrogens (tertiary/aromatic N) is 3. The van der Waals surface area contributed by atoms with Gasteiger partial charge in [0.15, 0.2) is 0 Å². The molecule has 2 amide bonds. The van der Waals surface area contributed by atoms with E-state index < -0.39 is 23.7 Å². The van der Waals surface area contributed by atoms with E-state index in [0.29, 0.717) is 16.0 Å². The SMILES string of the molecule is CN(C(=O)Cn1c(=O)n(CC(=O)NCc2ccco2)c(=O)c2sccc21)C1CCCCC1. The summed E-state index contributed by atoms with van der Waals surface area (Å²) in [4.78, 5) is 53.1. The molecule has 1 N–H and O–H groups in total. The Labute approximate surface area is 188 Å². The number of hydrogen-bond acceptors (Lipinski definition) is 6. The second-order valence-electron chi connectivity index (χ2n) is 8.05. The number of furan rings is 1. The molecule has 32 heavy (non-hydrogen) atoms. The number of hydrogen-bond donors (Lipinski definition) is 1. The highest BCUT2D eigenvalue weighted by Gasteiger charge is 2.24. The zero-order valence-corrected chi connectivity index (χ0v) is 18.7. The normalized spacial score (nSPS) is 14.5. The Morgan fingerprint density at radius 1 is 1.16 bits per heavy atom. The molecule has 0 spiro atoms. The third kappa shape index (κ3) is 4.55. The zero-order valence-electron chi connectivity index (χ0n) is 17.9. The summed E-state index contributed by atoms with van der Waals surface area (Å²) in [5.74, 6) is -0.110. The molecule has 3 aromatic heterocycles. The monoisotopic (exact) mass is 458 g/mol. The van der Waals surface area contributed by atoms with Crippen LogP contribution in [0.5, 0.6) is 0 Å². The van der Waals surface area contributed by atoms with Crippen molar-refractivity contribution in [3.05, 3.63) is 56.4 Å². The van der Waals surface area contributed by atoms with Crippen molar-refractivity contribution in [1.29, 1.82) is 0 Å². The molecule has 1 aliphatic rings. The average molecular weight is 459 g/mol. The highest BCUT2D eigenvalue weighted by Crippen LogP contribution is 2.22. The number of fused-ring (bicyclic) bond motifs is 1. The smallest absolute Gasteiger partial charge is 0.332 e. The summed E-state index contributed by atoms with van der Waals surface area (Å²) < 4.78 is 7.71. The van der Waals surface area contributed by atoms with Gasteiger partial charge in [-0.1, -0.05) is 19.3 Å². The lowest BCUT2D eigenvalue weighted by molar-refractivity contribution is -0.133. The van der Waals surface area contributed by atoms with Crippen LogP contribution in [0.15, 0.2) is 43.8 Å². The Morgan fingerprint density at radius 3 is 2.66 bits per heavy atom. The summed E-state index contributed by atoms with van der Waals surface area (Å²) in [6.07, 6.45) is 6.78. The molecule has 0 saturated heterocycles. The summed E-state index contributed by atoms with van der Waals surface area (Å²) >= 11 is 1.19. The summed E-state index contributed by atoms with van der Waals surface area (Å²) in [5.41, 5.74) is -0.778. The van der Waals surface area contributed by atoms with Gasteiger partial charge < -0.3 is 14.6 Å². The lowest BCUT2D eigenvalue weighted by Crippen LogP contribution is -2.46. The number of nitrogens with one attached hydrogen (secondary N) is 1. The van der Waals surface area contributed by atoms with E-state index in [2.05, 4.69) is 5.32 Å². The molecule has 0 radical (unpaired) electrons. The van der Waals surface area contributed by atoms with Gasteiger partial charge in [0, 0.05) is 13.1 Å². The van der Waals surface area contributed by atoms with Gasteiger partial charge in [0.2, 0.25) is 11.8 Å². The maximum Gasteiger partial charge on any atom is 0.332 e. The van der Waals surface area contributed by atoms with Gasteiger partial charge in [-0.25, -0.2) is 9.36 Å². The molecule has 0 atom stereocenters. The van der Waals surface area contributed by atoms with Crippen LogP contribution in [0.3, 0.4) is 0 Å². The Kier molecular flexibility index (Phi) is 6.59. The van der Waals surface area contributed by atoms with Crippen LogP contribution >= 0.6 is 11.3 Å². The van der Waals surface area contributed by atoms with E-state index in [0.717, 1.165) is 30.3 Å². The van der Waals surface area contributed by atoms with E-state index in [1.807, 2.05) is 0 Å². The van der Waals surface area contributed by atoms with E-state index in [1.165, 1.54) is 28.6 Å². The van der Waals surface area contributed by atoms with Crippen LogP contribution in [0.4, 0.5) is 0 Å². The topological polar surface area (TPSA) is 107 Å². The van der Waals surface area contributed by atoms with Gasteiger partial charge in [-0.15, -0.1) is 11.3 Å². The number of carbonyl (C=O) groups is 2. The summed E-state index contributed by atoms with van der Waals surface area (Å²) in [7, 11) is 1.77. The van der Waals surface area contributed by atoms with Gasteiger partial charge in [0.05, 0.1) is 18.3 Å². The van der Waals surface area contributed by atoms with Crippen LogP contribution in [0.1, 0.15) is 37.9 Å². The van der Waals surface area contributed by atoms with Crippen molar-refractivity contribution < 1.29 is 14.0 Å². The Balaban J connectivity index is 1.57. The predicted molar refractivity (Wildman–Crippen MR) is 121 cm³/mol. The molecule has 1 saturated carbocycles. The maximum atomic E-state index is 13.2. The van der Waals surface area contributed by atoms with Crippen LogP contribution < -0.4 is 16.6 Å². The number of carbonyl (C=O) groups excluding carboxylic acids is 2. The van der Waals surface area contributed by atoms with Crippen molar-refractivity contribution in [2.24, 2.45) is 0 Å². The lowest BCUT2D eigenvalue weighted by atomic mass is 9.94. The molecule has 3 aromatic rings. The molecule has 0 aromatic carbocycles. The van der Waals surface area contributed by atoms with Gasteiger partial charge in [0.1, 0.15) is 23.5 Å². The van der Waals surface area contributed by atoms with Crippen LogP contribution in [0.25, 0.3) is 10.2 Å². The standard InChI is InChI=1S/C22H26N4O5S/c1-24(15-6-3-2-4-7-15)19(28)14-25-17-9-11-32-20(17)21(29)26(22(25)30)13-18(27)23-12-16-8-5-10-31-16/h5,8-11,15H,2-4,6-7,12-14H2,1H3,(H,23,27). The molecule has 4 rings (SSSR count). The van der Waals surface area contributed by atoms with Gasteiger partial charge in [0.25, 0.3) is 5.56 Å². The van der Waals surface area contributed by atoms with Crippen LogP contribution in [0, 0.1) is 0 Å². The zero-order chi connectivity index (χ0) is 22.7. The molecular formula is C22H26N4O5S. The van der Waals surface area contributed by atoms with Gasteiger partial charge >= 0.3 is 5.69 Å². The first-order valence-electron chi connectivity index (χ1n) is 10.7. The summed E-state index contributed by atoms with van der Waals surface area (Å²) in [5, 5.41) is 4.35. The molecule has 170 valence electrons. The number of aromatic nitrogens is 2. The third-order valence-electron chi connectivity index (χ3n) is 5.99. The lowest BCUT2D eigenvalue weighted by Gasteiger charge is -2.31. The minimum absolute atomic E-state index is 0.153. The Morgan fingerprint density at radius 2 is 1.94 bits per heavy atom. The first kappa shape index (κ1) is 22.1. The molecule has 1 aliphatic carbocycles. The molecule has 0 unspecified atom stereocenters. The Bertz CT molecular complexity index is 1220. The molecule has 0 aliphatic heterocycles. The minimum Gasteiger partial charge on any atom is -0.467 e. The van der Waals surface area contributed by atoms with E-state index in [1.54, 1.807) is 35.5 Å². The Hall–Kier alpha value is -3.14. The highest BCUT2D eigenvalue weighted by atomic mass is 32.1. The van der Waals surface area contributed by atoms with E-state index in [9.17, 15) is 19.2 Å². The van der Waals surface area contributed by atoms with Crippen LogP contribution in [-0.2, 0) is 29.2 Å². The molecule has 9 nitrogen and oxygen atoms in total. The summed E-state index contributed by atoms with van der Waals surface area (Å²) in [6.45, 7) is -0.451. The molecular weight excluding hydrogens is 432 g/mol. The number of amides is 2. The van der Waals surface area contributed by atoms with Crippen molar-refractivity contribution in [2.75, 3.05) is 7.05 Å². The van der Waals surface area contributed by atoms with E-state index >= 15 is 0 Å².